The summed E-state index contributed by atoms with van der Waals surface area (Å²) in [5, 5.41) is 10.2. The van der Waals surface area contributed by atoms with Gasteiger partial charge in [-0.15, -0.1) is 0 Å². The van der Waals surface area contributed by atoms with E-state index in [2.05, 4.69) is 27.7 Å². The van der Waals surface area contributed by atoms with E-state index in [1.54, 1.807) is 4.90 Å². The van der Waals surface area contributed by atoms with E-state index in [-0.39, 0.29) is 6.42 Å². The van der Waals surface area contributed by atoms with Crippen molar-refractivity contribution in [2.24, 2.45) is 0 Å². The van der Waals surface area contributed by atoms with Crippen molar-refractivity contribution in [3.05, 3.63) is 0 Å². The largest absolute Gasteiger partial charge is 0.550 e. The quantitative estimate of drug-likeness (QED) is 0.128. The van der Waals surface area contributed by atoms with Crippen LogP contribution in [0.25, 0.3) is 0 Å². The molecule has 0 saturated carbocycles. The number of aliphatic carboxylic acids is 1. The molecule has 3 heteroatoms. The molecule has 0 aromatic carbocycles. The van der Waals surface area contributed by atoms with Crippen LogP contribution in [-0.4, -0.2) is 25.6 Å². The highest BCUT2D eigenvalue weighted by atomic mass is 16.4. The third-order valence-electron chi connectivity index (χ3n) is 7.12. The number of unbranched alkanes of at least 4 members (excludes halogenated alkanes) is 20. The van der Waals surface area contributed by atoms with Crippen LogP contribution in [0.5, 0.6) is 0 Å². The Morgan fingerprint density at radius 1 is 0.471 bits per heavy atom. The molecule has 0 aliphatic carbocycles. The minimum absolute atomic E-state index is 0.234. The molecule has 1 N–H and O–H groups in total. The van der Waals surface area contributed by atoms with E-state index in [0.717, 1.165) is 12.8 Å². The second kappa shape index (κ2) is 32.4. The van der Waals surface area contributed by atoms with Gasteiger partial charge in [-0.25, -0.2) is 0 Å². The minimum atomic E-state index is -0.903. The number of hydrogen-bond donors (Lipinski definition) is 1. The van der Waals surface area contributed by atoms with Gasteiger partial charge in [-0.3, -0.25) is 0 Å². The van der Waals surface area contributed by atoms with Crippen LogP contribution < -0.4 is 10.0 Å². The summed E-state index contributed by atoms with van der Waals surface area (Å²) in [6.07, 6.45) is 29.9. The van der Waals surface area contributed by atoms with Gasteiger partial charge in [0.15, 0.2) is 0 Å². The molecular weight excluding hydrogens is 418 g/mol. The molecule has 0 heterocycles. The number of carbonyl (C=O) groups excluding carboxylic acids is 1. The van der Waals surface area contributed by atoms with Gasteiger partial charge in [0.1, 0.15) is 0 Å². The highest BCUT2D eigenvalue weighted by Gasteiger charge is 2.00. The third kappa shape index (κ3) is 33.6. The zero-order valence-electron chi connectivity index (χ0n) is 24.2. The number of carbonyl (C=O) groups is 1. The number of hydrogen-bond acceptors (Lipinski definition) is 2. The molecule has 0 aromatic heterocycles. The molecule has 0 amide bonds. The average molecular weight is 484 g/mol. The second-order valence-electron chi connectivity index (χ2n) is 10.4. The van der Waals surface area contributed by atoms with E-state index in [1.165, 1.54) is 148 Å². The van der Waals surface area contributed by atoms with Crippen LogP contribution in [0.1, 0.15) is 175 Å². The topological polar surface area (TPSA) is 44.6 Å². The van der Waals surface area contributed by atoms with Crippen LogP contribution in [0.3, 0.4) is 0 Å². The summed E-state index contributed by atoms with van der Waals surface area (Å²) in [6.45, 7) is 13.1. The van der Waals surface area contributed by atoms with Crippen LogP contribution in [0, 0.1) is 0 Å². The Hall–Kier alpha value is -0.570. The lowest BCUT2D eigenvalue weighted by Crippen LogP contribution is -3.11. The number of carboxylic acid groups (broad SMARTS) is 1. The van der Waals surface area contributed by atoms with Crippen molar-refractivity contribution in [3.8, 4) is 0 Å². The van der Waals surface area contributed by atoms with Crippen molar-refractivity contribution < 1.29 is 14.8 Å². The first kappa shape index (κ1) is 35.6. The summed E-state index contributed by atoms with van der Waals surface area (Å²) in [4.78, 5) is 12.0. The summed E-state index contributed by atoms with van der Waals surface area (Å²) >= 11 is 0. The van der Waals surface area contributed by atoms with E-state index in [9.17, 15) is 9.90 Å². The van der Waals surface area contributed by atoms with E-state index in [1.807, 2.05) is 0 Å². The number of rotatable bonds is 26. The van der Waals surface area contributed by atoms with E-state index in [0.29, 0.717) is 0 Å². The number of nitrogens with one attached hydrogen (secondary N) is 1. The van der Waals surface area contributed by atoms with Crippen LogP contribution in [0.2, 0.25) is 0 Å². The summed E-state index contributed by atoms with van der Waals surface area (Å²) in [5.41, 5.74) is 0. The van der Waals surface area contributed by atoms with Crippen LogP contribution in [0.15, 0.2) is 0 Å². The maximum absolute atomic E-state index is 10.2. The lowest BCUT2D eigenvalue weighted by molar-refractivity contribution is -0.896. The van der Waals surface area contributed by atoms with Gasteiger partial charge < -0.3 is 14.8 Å². The zero-order valence-corrected chi connectivity index (χ0v) is 24.2. The molecule has 0 spiro atoms. The fraction of sp³-hybridized carbons (Fsp3) is 0.968. The highest BCUT2D eigenvalue weighted by molar-refractivity contribution is 5.63. The van der Waals surface area contributed by atoms with Crippen LogP contribution >= 0.6 is 0 Å². The lowest BCUT2D eigenvalue weighted by Gasteiger charge is -2.14. The van der Waals surface area contributed by atoms with Gasteiger partial charge >= 0.3 is 0 Å². The smallest absolute Gasteiger partial charge is 0.0770 e. The van der Waals surface area contributed by atoms with Gasteiger partial charge in [0, 0.05) is 5.97 Å². The van der Waals surface area contributed by atoms with Gasteiger partial charge in [0.2, 0.25) is 0 Å². The van der Waals surface area contributed by atoms with Crippen molar-refractivity contribution >= 4 is 5.97 Å². The van der Waals surface area contributed by atoms with Crippen molar-refractivity contribution in [2.45, 2.75) is 175 Å². The Morgan fingerprint density at radius 3 is 1.06 bits per heavy atom. The van der Waals surface area contributed by atoms with Crippen molar-refractivity contribution in [1.82, 2.24) is 0 Å². The third-order valence-corrected chi connectivity index (χ3v) is 7.12. The summed E-state index contributed by atoms with van der Waals surface area (Å²) in [7, 11) is 0. The van der Waals surface area contributed by atoms with E-state index in [4.69, 9.17) is 0 Å². The predicted molar refractivity (Wildman–Crippen MR) is 149 cm³/mol. The Morgan fingerprint density at radius 2 is 0.765 bits per heavy atom. The fourth-order valence-corrected chi connectivity index (χ4v) is 4.58. The SMILES string of the molecule is CCCCCCCCCCCCCCCCCC(=O)[O-].CCCCCCCCC[NH+](CC)CC. The maximum Gasteiger partial charge on any atom is 0.0770 e. The Bertz CT molecular complexity index is 368. The van der Waals surface area contributed by atoms with Gasteiger partial charge in [-0.05, 0) is 39.5 Å². The van der Waals surface area contributed by atoms with Crippen LogP contribution in [0.4, 0.5) is 0 Å². The van der Waals surface area contributed by atoms with Gasteiger partial charge in [0.25, 0.3) is 0 Å². The molecule has 0 aliphatic heterocycles. The maximum atomic E-state index is 10.2. The summed E-state index contributed by atoms with van der Waals surface area (Å²) in [5.74, 6) is -0.903. The standard InChI is InChI=1S/C18H36O2.C13H29N/c1-2-3-4-5-6-7-8-9-10-11-12-13-14-15-16-17-18(19)20;1-4-7-8-9-10-11-12-13-14(5-2)6-3/h2-17H2,1H3,(H,19,20);4-13H2,1-3H3. The number of quaternary nitrogens is 1. The average Bonchev–Trinajstić information content (AvgIpc) is 2.83. The molecule has 3 nitrogen and oxygen atoms in total. The Kier molecular flexibility index (Phi) is 33.9. The first-order valence-electron chi connectivity index (χ1n) is 15.7. The van der Waals surface area contributed by atoms with Gasteiger partial charge in [-0.2, -0.15) is 0 Å². The zero-order chi connectivity index (χ0) is 25.5. The summed E-state index contributed by atoms with van der Waals surface area (Å²) < 4.78 is 0. The molecule has 0 fully saturated rings. The Labute approximate surface area is 215 Å². The van der Waals surface area contributed by atoms with E-state index < -0.39 is 5.97 Å². The van der Waals surface area contributed by atoms with Gasteiger partial charge in [-0.1, -0.05) is 136 Å². The molecule has 0 atom stereocenters. The monoisotopic (exact) mass is 484 g/mol. The highest BCUT2D eigenvalue weighted by Crippen LogP contribution is 2.13. The minimum Gasteiger partial charge on any atom is -0.550 e. The first-order valence-corrected chi connectivity index (χ1v) is 15.7. The van der Waals surface area contributed by atoms with Gasteiger partial charge in [0.05, 0.1) is 19.6 Å². The second-order valence-corrected chi connectivity index (χ2v) is 10.4. The molecule has 0 saturated heterocycles. The molecule has 0 bridgehead atoms. The first-order chi connectivity index (χ1) is 16.6. The number of carboxylic acids is 1. The molecule has 0 unspecified atom stereocenters. The van der Waals surface area contributed by atoms with Crippen molar-refractivity contribution in [3.63, 3.8) is 0 Å². The molecule has 34 heavy (non-hydrogen) atoms. The summed E-state index contributed by atoms with van der Waals surface area (Å²) in [6, 6.07) is 0. The molecule has 0 aromatic rings. The molecule has 0 aliphatic rings. The molecule has 206 valence electrons. The fourth-order valence-electron chi connectivity index (χ4n) is 4.58. The van der Waals surface area contributed by atoms with E-state index >= 15 is 0 Å². The molecule has 0 radical (unpaired) electrons. The molecular formula is C31H65NO2. The van der Waals surface area contributed by atoms with Crippen molar-refractivity contribution in [2.75, 3.05) is 19.6 Å². The van der Waals surface area contributed by atoms with Crippen molar-refractivity contribution in [1.29, 1.82) is 0 Å². The normalized spacial score (nSPS) is 11.0. The lowest BCUT2D eigenvalue weighted by atomic mass is 10.0. The van der Waals surface area contributed by atoms with Crippen LogP contribution in [-0.2, 0) is 4.79 Å². The predicted octanol–water partition coefficient (Wildman–Crippen LogP) is 7.66. The Balaban J connectivity index is 0. The molecule has 0 rings (SSSR count).